The van der Waals surface area contributed by atoms with E-state index in [9.17, 15) is 4.79 Å². The monoisotopic (exact) mass is 174 g/mol. The Labute approximate surface area is 73.6 Å². The Morgan fingerprint density at radius 2 is 2.17 bits per heavy atom. The minimum atomic E-state index is -0.743. The second kappa shape index (κ2) is 5.97. The average molecular weight is 174 g/mol. The van der Waals surface area contributed by atoms with Crippen LogP contribution in [0.3, 0.4) is 0 Å². The molecule has 0 amide bonds. The lowest BCUT2D eigenvalue weighted by Crippen LogP contribution is -2.31. The summed E-state index contributed by atoms with van der Waals surface area (Å²) in [6, 6.07) is 0. The summed E-state index contributed by atoms with van der Waals surface area (Å²) in [5.74, 6) is -1.04. The Morgan fingerprint density at radius 3 is 2.58 bits per heavy atom. The van der Waals surface area contributed by atoms with Crippen LogP contribution in [0.1, 0.15) is 6.92 Å². The highest BCUT2D eigenvalue weighted by atomic mass is 16.4. The number of carboxylic acids is 1. The average Bonchev–Trinajstić information content (AvgIpc) is 1.97. The summed E-state index contributed by atoms with van der Waals surface area (Å²) < 4.78 is 0. The van der Waals surface area contributed by atoms with Gasteiger partial charge in [-0.1, -0.05) is 6.92 Å². The molecule has 0 aromatic rings. The fourth-order valence-corrected chi connectivity index (χ4v) is 0.709. The zero-order valence-corrected chi connectivity index (χ0v) is 8.00. The Hall–Kier alpha value is -0.610. The number of hydrogen-bond donors (Lipinski definition) is 2. The largest absolute Gasteiger partial charge is 0.481 e. The lowest BCUT2D eigenvalue weighted by molar-refractivity contribution is -0.140. The molecule has 1 atom stereocenters. The fraction of sp³-hybridized carbons (Fsp3) is 0.875. The molecular weight excluding hydrogens is 156 g/mol. The van der Waals surface area contributed by atoms with Crippen molar-refractivity contribution in [3.8, 4) is 0 Å². The first kappa shape index (κ1) is 11.4. The summed E-state index contributed by atoms with van der Waals surface area (Å²) in [5.41, 5.74) is 0. The Bertz CT molecular complexity index is 137. The first-order chi connectivity index (χ1) is 5.54. The van der Waals surface area contributed by atoms with Gasteiger partial charge >= 0.3 is 5.97 Å². The van der Waals surface area contributed by atoms with E-state index in [0.29, 0.717) is 6.54 Å². The van der Waals surface area contributed by atoms with Crippen LogP contribution in [0.2, 0.25) is 0 Å². The van der Waals surface area contributed by atoms with E-state index in [-0.39, 0.29) is 5.92 Å². The van der Waals surface area contributed by atoms with Gasteiger partial charge in [0, 0.05) is 19.6 Å². The molecule has 0 aliphatic carbocycles. The predicted octanol–water partition coefficient (Wildman–Crippen LogP) is -0.142. The van der Waals surface area contributed by atoms with Crippen molar-refractivity contribution in [2.24, 2.45) is 5.92 Å². The smallest absolute Gasteiger partial charge is 0.307 e. The molecule has 0 bridgehead atoms. The van der Waals surface area contributed by atoms with Gasteiger partial charge in [0.15, 0.2) is 0 Å². The highest BCUT2D eigenvalue weighted by Gasteiger charge is 2.08. The quantitative estimate of drug-likeness (QED) is 0.550. The van der Waals surface area contributed by atoms with E-state index in [4.69, 9.17) is 5.11 Å². The molecule has 0 fully saturated rings. The van der Waals surface area contributed by atoms with Gasteiger partial charge in [0.05, 0.1) is 5.92 Å². The predicted molar refractivity (Wildman–Crippen MR) is 48.2 cm³/mol. The van der Waals surface area contributed by atoms with Gasteiger partial charge < -0.3 is 15.3 Å². The Kier molecular flexibility index (Phi) is 5.66. The third-order valence-corrected chi connectivity index (χ3v) is 1.61. The van der Waals surface area contributed by atoms with E-state index in [1.54, 1.807) is 6.92 Å². The molecular formula is C8H18N2O2. The van der Waals surface area contributed by atoms with E-state index < -0.39 is 5.97 Å². The lowest BCUT2D eigenvalue weighted by Gasteiger charge is -2.11. The molecule has 4 heteroatoms. The minimum Gasteiger partial charge on any atom is -0.481 e. The maximum absolute atomic E-state index is 10.4. The first-order valence-electron chi connectivity index (χ1n) is 4.12. The van der Waals surface area contributed by atoms with Crippen molar-refractivity contribution < 1.29 is 9.90 Å². The molecule has 0 rings (SSSR count). The molecule has 0 aliphatic heterocycles. The van der Waals surface area contributed by atoms with Crippen LogP contribution in [0.25, 0.3) is 0 Å². The van der Waals surface area contributed by atoms with Crippen LogP contribution in [-0.4, -0.2) is 49.7 Å². The number of rotatable bonds is 6. The van der Waals surface area contributed by atoms with Crippen LogP contribution in [0, 0.1) is 5.92 Å². The standard InChI is InChI=1S/C8H18N2O2/c1-7(8(11)12)6-9-4-5-10(2)3/h7,9H,4-6H2,1-3H3,(H,11,12). The normalized spacial score (nSPS) is 13.3. The second-order valence-electron chi connectivity index (χ2n) is 3.25. The summed E-state index contributed by atoms with van der Waals surface area (Å²) >= 11 is 0. The number of likely N-dealkylation sites (N-methyl/N-ethyl adjacent to an activating group) is 1. The molecule has 4 nitrogen and oxygen atoms in total. The molecule has 0 spiro atoms. The summed E-state index contributed by atoms with van der Waals surface area (Å²) in [6.07, 6.45) is 0. The topological polar surface area (TPSA) is 52.6 Å². The molecule has 0 aromatic carbocycles. The summed E-state index contributed by atoms with van der Waals surface area (Å²) in [5, 5.41) is 11.6. The maximum Gasteiger partial charge on any atom is 0.307 e. The van der Waals surface area contributed by atoms with E-state index in [0.717, 1.165) is 13.1 Å². The first-order valence-corrected chi connectivity index (χ1v) is 4.12. The Balaban J connectivity index is 3.25. The van der Waals surface area contributed by atoms with Gasteiger partial charge in [-0.15, -0.1) is 0 Å². The van der Waals surface area contributed by atoms with Crippen molar-refractivity contribution in [2.75, 3.05) is 33.7 Å². The summed E-state index contributed by atoms with van der Waals surface area (Å²) in [7, 11) is 3.98. The van der Waals surface area contributed by atoms with Crippen LogP contribution < -0.4 is 5.32 Å². The SMILES string of the molecule is CC(CNCCN(C)C)C(=O)O. The molecule has 2 N–H and O–H groups in total. The molecule has 1 unspecified atom stereocenters. The van der Waals surface area contributed by atoms with Gasteiger partial charge in [0.1, 0.15) is 0 Å². The molecule has 0 saturated carbocycles. The van der Waals surface area contributed by atoms with Crippen LogP contribution in [0.4, 0.5) is 0 Å². The zero-order valence-electron chi connectivity index (χ0n) is 8.00. The summed E-state index contributed by atoms with van der Waals surface area (Å²) in [6.45, 7) is 4.02. The van der Waals surface area contributed by atoms with Crippen LogP contribution >= 0.6 is 0 Å². The molecule has 0 radical (unpaired) electrons. The van der Waals surface area contributed by atoms with Gasteiger partial charge in [-0.3, -0.25) is 4.79 Å². The molecule has 12 heavy (non-hydrogen) atoms. The fourth-order valence-electron chi connectivity index (χ4n) is 0.709. The number of aliphatic carboxylic acids is 1. The van der Waals surface area contributed by atoms with Gasteiger partial charge in [-0.2, -0.15) is 0 Å². The lowest BCUT2D eigenvalue weighted by atomic mass is 10.2. The number of nitrogens with zero attached hydrogens (tertiary/aromatic N) is 1. The highest BCUT2D eigenvalue weighted by molar-refractivity contribution is 5.69. The molecule has 72 valence electrons. The van der Waals surface area contributed by atoms with Crippen LogP contribution in [0.5, 0.6) is 0 Å². The highest BCUT2D eigenvalue weighted by Crippen LogP contribution is 1.90. The van der Waals surface area contributed by atoms with Gasteiger partial charge in [-0.25, -0.2) is 0 Å². The minimum absolute atomic E-state index is 0.299. The zero-order chi connectivity index (χ0) is 9.56. The molecule has 0 aliphatic rings. The van der Waals surface area contributed by atoms with Crippen molar-refractivity contribution in [3.05, 3.63) is 0 Å². The second-order valence-corrected chi connectivity index (χ2v) is 3.25. The van der Waals surface area contributed by atoms with E-state index >= 15 is 0 Å². The van der Waals surface area contributed by atoms with Gasteiger partial charge in [-0.05, 0) is 14.1 Å². The number of nitrogens with one attached hydrogen (secondary N) is 1. The molecule has 0 saturated heterocycles. The van der Waals surface area contributed by atoms with Crippen molar-refractivity contribution in [2.45, 2.75) is 6.92 Å². The van der Waals surface area contributed by atoms with Crippen molar-refractivity contribution in [1.29, 1.82) is 0 Å². The van der Waals surface area contributed by atoms with Crippen LogP contribution in [-0.2, 0) is 4.79 Å². The van der Waals surface area contributed by atoms with E-state index in [2.05, 4.69) is 10.2 Å². The van der Waals surface area contributed by atoms with Crippen LogP contribution in [0.15, 0.2) is 0 Å². The third kappa shape index (κ3) is 6.12. The number of carboxylic acid groups (broad SMARTS) is 1. The number of carbonyl (C=O) groups is 1. The van der Waals surface area contributed by atoms with Gasteiger partial charge in [0.2, 0.25) is 0 Å². The van der Waals surface area contributed by atoms with Gasteiger partial charge in [0.25, 0.3) is 0 Å². The number of hydrogen-bond acceptors (Lipinski definition) is 3. The maximum atomic E-state index is 10.4. The van der Waals surface area contributed by atoms with Crippen molar-refractivity contribution >= 4 is 5.97 Å². The Morgan fingerprint density at radius 1 is 1.58 bits per heavy atom. The molecule has 0 aromatic heterocycles. The van der Waals surface area contributed by atoms with Crippen molar-refractivity contribution in [3.63, 3.8) is 0 Å². The molecule has 0 heterocycles. The van der Waals surface area contributed by atoms with Crippen molar-refractivity contribution in [1.82, 2.24) is 10.2 Å². The van der Waals surface area contributed by atoms with E-state index in [1.807, 2.05) is 14.1 Å². The summed E-state index contributed by atoms with van der Waals surface area (Å²) in [4.78, 5) is 12.4. The third-order valence-electron chi connectivity index (χ3n) is 1.61. The van der Waals surface area contributed by atoms with E-state index in [1.165, 1.54) is 0 Å².